The molecule has 0 aliphatic heterocycles. The molecule has 20 heavy (non-hydrogen) atoms. The van der Waals surface area contributed by atoms with Crippen molar-refractivity contribution in [2.45, 2.75) is 0 Å². The Kier molecular flexibility index (Phi) is 2.14. The van der Waals surface area contributed by atoms with E-state index in [1.165, 1.54) is 6.07 Å². The van der Waals surface area contributed by atoms with Crippen LogP contribution in [0, 0.1) is 11.6 Å². The molecule has 98 valence electrons. The second kappa shape index (κ2) is 3.86. The number of rotatable bonds is 1. The van der Waals surface area contributed by atoms with E-state index in [1.807, 2.05) is 24.4 Å². The molecule has 0 aliphatic carbocycles. The molecule has 6 heteroatoms. The average molecular weight is 270 g/mol. The predicted molar refractivity (Wildman–Crippen MR) is 70.2 cm³/mol. The van der Waals surface area contributed by atoms with Crippen molar-refractivity contribution in [2.75, 3.05) is 0 Å². The van der Waals surface area contributed by atoms with E-state index in [2.05, 4.69) is 15.1 Å². The second-order valence-corrected chi connectivity index (χ2v) is 4.43. The molecule has 4 rings (SSSR count). The monoisotopic (exact) mass is 270 g/mol. The van der Waals surface area contributed by atoms with Gasteiger partial charge in [0.2, 0.25) is 0 Å². The fourth-order valence-corrected chi connectivity index (χ4v) is 2.26. The number of H-pyrrole nitrogens is 1. The van der Waals surface area contributed by atoms with Gasteiger partial charge < -0.3 is 4.98 Å². The highest BCUT2D eigenvalue weighted by Gasteiger charge is 2.15. The Labute approximate surface area is 111 Å². The summed E-state index contributed by atoms with van der Waals surface area (Å²) in [4.78, 5) is 7.13. The first-order valence-electron chi connectivity index (χ1n) is 6.00. The smallest absolute Gasteiger partial charge is 0.186 e. The van der Waals surface area contributed by atoms with Crippen LogP contribution >= 0.6 is 0 Å². The third-order valence-electron chi connectivity index (χ3n) is 3.23. The van der Waals surface area contributed by atoms with Gasteiger partial charge in [-0.25, -0.2) is 18.3 Å². The minimum absolute atomic E-state index is 0.00437. The van der Waals surface area contributed by atoms with Crippen LogP contribution in [0.25, 0.3) is 27.9 Å². The molecule has 0 unspecified atom stereocenters. The number of imidazole rings is 1. The Bertz CT molecular complexity index is 939. The summed E-state index contributed by atoms with van der Waals surface area (Å²) < 4.78 is 28.6. The molecule has 0 radical (unpaired) electrons. The maximum atomic E-state index is 13.7. The largest absolute Gasteiger partial charge is 0.338 e. The lowest BCUT2D eigenvalue weighted by Crippen LogP contribution is -1.85. The zero-order chi connectivity index (χ0) is 13.7. The van der Waals surface area contributed by atoms with Gasteiger partial charge in [0, 0.05) is 6.20 Å². The van der Waals surface area contributed by atoms with E-state index in [1.54, 1.807) is 10.7 Å². The number of aromatic amines is 1. The van der Waals surface area contributed by atoms with E-state index < -0.39 is 11.6 Å². The molecule has 0 amide bonds. The summed E-state index contributed by atoms with van der Waals surface area (Å²) in [5, 5.41) is 4.19. The van der Waals surface area contributed by atoms with Crippen LogP contribution in [0.4, 0.5) is 8.78 Å². The Balaban J connectivity index is 2.01. The topological polar surface area (TPSA) is 46.0 Å². The summed E-state index contributed by atoms with van der Waals surface area (Å²) in [6.07, 6.45) is 3.45. The van der Waals surface area contributed by atoms with Gasteiger partial charge in [0.15, 0.2) is 11.6 Å². The number of nitrogens with one attached hydrogen (secondary N) is 1. The van der Waals surface area contributed by atoms with E-state index in [4.69, 9.17) is 0 Å². The third kappa shape index (κ3) is 1.45. The number of halogens is 2. The van der Waals surface area contributed by atoms with Crippen molar-refractivity contribution >= 4 is 16.6 Å². The lowest BCUT2D eigenvalue weighted by molar-refractivity contribution is 0.515. The van der Waals surface area contributed by atoms with Gasteiger partial charge in [-0.3, -0.25) is 0 Å². The van der Waals surface area contributed by atoms with Gasteiger partial charge in [-0.2, -0.15) is 5.10 Å². The van der Waals surface area contributed by atoms with Crippen molar-refractivity contribution in [2.24, 2.45) is 0 Å². The molecule has 0 saturated heterocycles. The van der Waals surface area contributed by atoms with Crippen molar-refractivity contribution in [1.82, 2.24) is 19.6 Å². The number of benzene rings is 1. The van der Waals surface area contributed by atoms with Gasteiger partial charge in [-0.1, -0.05) is 6.07 Å². The molecular formula is C14H8F2N4. The highest BCUT2D eigenvalue weighted by Crippen LogP contribution is 2.26. The number of hydrogen-bond donors (Lipinski definition) is 1. The zero-order valence-electron chi connectivity index (χ0n) is 10.1. The summed E-state index contributed by atoms with van der Waals surface area (Å²) >= 11 is 0. The first kappa shape index (κ1) is 11.1. The Morgan fingerprint density at radius 1 is 1.10 bits per heavy atom. The van der Waals surface area contributed by atoms with E-state index >= 15 is 0 Å². The predicted octanol–water partition coefficient (Wildman–Crippen LogP) is 3.16. The van der Waals surface area contributed by atoms with E-state index in [0.717, 1.165) is 17.1 Å². The Morgan fingerprint density at radius 2 is 2.00 bits per heavy atom. The first-order valence-corrected chi connectivity index (χ1v) is 6.00. The lowest BCUT2D eigenvalue weighted by Gasteiger charge is -1.93. The Hall–Kier alpha value is -2.76. The molecule has 3 heterocycles. The van der Waals surface area contributed by atoms with Crippen LogP contribution in [-0.4, -0.2) is 19.6 Å². The quantitative estimate of drug-likeness (QED) is 0.577. The minimum Gasteiger partial charge on any atom is -0.338 e. The molecule has 4 aromatic rings. The molecule has 3 aromatic heterocycles. The molecule has 0 bridgehead atoms. The highest BCUT2D eigenvalue weighted by molar-refractivity contribution is 5.84. The van der Waals surface area contributed by atoms with Crippen LogP contribution in [-0.2, 0) is 0 Å². The van der Waals surface area contributed by atoms with Crippen LogP contribution in [0.15, 0.2) is 42.7 Å². The SMILES string of the molecule is Fc1ccc2[nH]c(-c3cnn4ccccc34)nc2c1F. The van der Waals surface area contributed by atoms with Gasteiger partial charge in [-0.05, 0) is 24.3 Å². The van der Waals surface area contributed by atoms with Gasteiger partial charge in [-0.15, -0.1) is 0 Å². The van der Waals surface area contributed by atoms with Crippen LogP contribution in [0.1, 0.15) is 0 Å². The summed E-state index contributed by atoms with van der Waals surface area (Å²) in [6, 6.07) is 8.17. The van der Waals surface area contributed by atoms with Gasteiger partial charge in [0.05, 0.1) is 22.8 Å². The first-order chi connectivity index (χ1) is 9.74. The maximum absolute atomic E-state index is 13.7. The molecule has 0 fully saturated rings. The molecule has 1 aromatic carbocycles. The minimum atomic E-state index is -0.943. The molecule has 0 atom stereocenters. The van der Waals surface area contributed by atoms with Crippen LogP contribution < -0.4 is 0 Å². The fourth-order valence-electron chi connectivity index (χ4n) is 2.26. The molecular weight excluding hydrogens is 262 g/mol. The van der Waals surface area contributed by atoms with E-state index in [0.29, 0.717) is 11.3 Å². The number of fused-ring (bicyclic) bond motifs is 2. The third-order valence-corrected chi connectivity index (χ3v) is 3.23. The van der Waals surface area contributed by atoms with Gasteiger partial charge in [0.1, 0.15) is 11.3 Å². The molecule has 1 N–H and O–H groups in total. The zero-order valence-corrected chi connectivity index (χ0v) is 10.1. The summed E-state index contributed by atoms with van der Waals surface area (Å²) in [5.74, 6) is -1.39. The summed E-state index contributed by atoms with van der Waals surface area (Å²) in [6.45, 7) is 0. The van der Waals surface area contributed by atoms with Gasteiger partial charge >= 0.3 is 0 Å². The van der Waals surface area contributed by atoms with Gasteiger partial charge in [0.25, 0.3) is 0 Å². The van der Waals surface area contributed by atoms with Crippen LogP contribution in [0.3, 0.4) is 0 Å². The molecule has 0 saturated carbocycles. The second-order valence-electron chi connectivity index (χ2n) is 4.43. The van der Waals surface area contributed by atoms with E-state index in [-0.39, 0.29) is 5.52 Å². The number of hydrogen-bond acceptors (Lipinski definition) is 2. The number of nitrogens with zero attached hydrogens (tertiary/aromatic N) is 3. The molecule has 0 aliphatic rings. The van der Waals surface area contributed by atoms with Crippen LogP contribution in [0.5, 0.6) is 0 Å². The average Bonchev–Trinajstić information content (AvgIpc) is 3.06. The van der Waals surface area contributed by atoms with Crippen molar-refractivity contribution in [1.29, 1.82) is 0 Å². The lowest BCUT2D eigenvalue weighted by atomic mass is 10.2. The van der Waals surface area contributed by atoms with Crippen molar-refractivity contribution in [3.05, 3.63) is 54.4 Å². The maximum Gasteiger partial charge on any atom is 0.186 e. The number of aromatic nitrogens is 4. The fraction of sp³-hybridized carbons (Fsp3) is 0. The normalized spacial score (nSPS) is 11.5. The number of pyridine rings is 1. The highest BCUT2D eigenvalue weighted by atomic mass is 19.2. The summed E-state index contributed by atoms with van der Waals surface area (Å²) in [5.41, 5.74) is 2.03. The van der Waals surface area contributed by atoms with Crippen LogP contribution in [0.2, 0.25) is 0 Å². The van der Waals surface area contributed by atoms with Crippen molar-refractivity contribution < 1.29 is 8.78 Å². The summed E-state index contributed by atoms with van der Waals surface area (Å²) in [7, 11) is 0. The molecule has 4 nitrogen and oxygen atoms in total. The van der Waals surface area contributed by atoms with Crippen molar-refractivity contribution in [3.8, 4) is 11.4 Å². The van der Waals surface area contributed by atoms with E-state index in [9.17, 15) is 8.78 Å². The standard InChI is InChI=1S/C14H8F2N4/c15-9-4-5-10-13(12(9)16)19-14(18-10)8-7-17-20-6-2-1-3-11(8)20/h1-7H,(H,18,19). The molecule has 0 spiro atoms. The Morgan fingerprint density at radius 3 is 2.90 bits per heavy atom. The van der Waals surface area contributed by atoms with Crippen molar-refractivity contribution in [3.63, 3.8) is 0 Å².